The van der Waals surface area contributed by atoms with Crippen molar-refractivity contribution < 1.29 is 19.0 Å². The van der Waals surface area contributed by atoms with Crippen molar-refractivity contribution in [3.05, 3.63) is 48.5 Å². The van der Waals surface area contributed by atoms with Crippen molar-refractivity contribution in [2.75, 3.05) is 32.2 Å². The second-order valence-corrected chi connectivity index (χ2v) is 7.77. The molecule has 1 aromatic carbocycles. The summed E-state index contributed by atoms with van der Waals surface area (Å²) in [5.74, 6) is 0.337. The van der Waals surface area contributed by atoms with Gasteiger partial charge < -0.3 is 24.4 Å². The maximum atomic E-state index is 12.5. The van der Waals surface area contributed by atoms with Gasteiger partial charge in [0.2, 0.25) is 0 Å². The van der Waals surface area contributed by atoms with Crippen molar-refractivity contribution >= 4 is 11.6 Å². The first-order valence-electron chi connectivity index (χ1n) is 10.1. The highest BCUT2D eigenvalue weighted by Crippen LogP contribution is 2.36. The highest BCUT2D eigenvalue weighted by Gasteiger charge is 2.50. The lowest BCUT2D eigenvalue weighted by Gasteiger charge is -2.18. The maximum absolute atomic E-state index is 12.5. The van der Waals surface area contributed by atoms with Gasteiger partial charge in [-0.2, -0.15) is 4.68 Å². The number of aromatic nitrogens is 6. The SMILES string of the molecule is CN(C)c1cccc(Oc2nnnn2[C@H]2CO[C@H]3[C@@H]2OC[C@@H]3NC(=O)c2cncnc2)c1. The molecule has 0 spiro atoms. The van der Waals surface area contributed by atoms with E-state index in [9.17, 15) is 4.79 Å². The number of nitrogens with one attached hydrogen (secondary N) is 1. The van der Waals surface area contributed by atoms with E-state index in [1.807, 2.05) is 43.3 Å². The van der Waals surface area contributed by atoms with Crippen molar-refractivity contribution in [1.29, 1.82) is 0 Å². The van der Waals surface area contributed by atoms with Gasteiger partial charge in [-0.1, -0.05) is 11.2 Å². The molecule has 1 amide bonds. The molecule has 0 bridgehead atoms. The molecule has 2 aromatic heterocycles. The molecule has 4 atom stereocenters. The zero-order chi connectivity index (χ0) is 22.1. The summed E-state index contributed by atoms with van der Waals surface area (Å²) in [6, 6.07) is 7.27. The molecule has 2 aliphatic heterocycles. The molecule has 5 rings (SSSR count). The normalized spacial score (nSPS) is 24.2. The van der Waals surface area contributed by atoms with E-state index in [2.05, 4.69) is 30.8 Å². The number of hydrogen-bond donors (Lipinski definition) is 1. The first-order chi connectivity index (χ1) is 15.6. The number of anilines is 1. The minimum atomic E-state index is -0.331. The molecule has 1 N–H and O–H groups in total. The Hall–Kier alpha value is -3.64. The standard InChI is InChI=1S/C20H22N8O4/c1-27(2)13-4-3-5-14(6-13)32-20-24-25-26-28(20)16-10-31-17-15(9-30-18(16)17)23-19(29)12-7-21-11-22-8-12/h3-8,11,15-18H,9-10H2,1-2H3,(H,23,29)/t15-,16-,17+,18+/m0/s1. The Bertz CT molecular complexity index is 1090. The molecule has 166 valence electrons. The Morgan fingerprint density at radius 3 is 2.81 bits per heavy atom. The monoisotopic (exact) mass is 438 g/mol. The van der Waals surface area contributed by atoms with E-state index in [-0.39, 0.29) is 36.2 Å². The van der Waals surface area contributed by atoms with Crippen molar-refractivity contribution in [3.63, 3.8) is 0 Å². The smallest absolute Gasteiger partial charge is 0.341 e. The fraction of sp³-hybridized carbons (Fsp3) is 0.400. The number of amides is 1. The molecule has 2 saturated heterocycles. The Kier molecular flexibility index (Phi) is 5.37. The Labute approximate surface area is 183 Å². The zero-order valence-electron chi connectivity index (χ0n) is 17.5. The van der Waals surface area contributed by atoms with Gasteiger partial charge in [-0.25, -0.2) is 9.97 Å². The van der Waals surface area contributed by atoms with Gasteiger partial charge in [-0.3, -0.25) is 4.79 Å². The predicted molar refractivity (Wildman–Crippen MR) is 110 cm³/mol. The Balaban J connectivity index is 1.28. The summed E-state index contributed by atoms with van der Waals surface area (Å²) >= 11 is 0. The van der Waals surface area contributed by atoms with Crippen LogP contribution in [0, 0.1) is 0 Å². The first kappa shape index (κ1) is 20.3. The molecule has 3 aromatic rings. The minimum Gasteiger partial charge on any atom is -0.423 e. The third-order valence-corrected chi connectivity index (χ3v) is 5.49. The van der Waals surface area contributed by atoms with Crippen molar-refractivity contribution in [1.82, 2.24) is 35.5 Å². The number of carbonyl (C=O) groups excluding carboxylic acids is 1. The van der Waals surface area contributed by atoms with E-state index in [0.29, 0.717) is 24.5 Å². The van der Waals surface area contributed by atoms with Gasteiger partial charge in [0.1, 0.15) is 30.3 Å². The average molecular weight is 438 g/mol. The molecule has 2 fully saturated rings. The van der Waals surface area contributed by atoms with Crippen LogP contribution in [0.25, 0.3) is 0 Å². The molecule has 12 heteroatoms. The molecule has 12 nitrogen and oxygen atoms in total. The molecule has 2 aliphatic rings. The number of ether oxygens (including phenoxy) is 3. The largest absolute Gasteiger partial charge is 0.423 e. The molecular weight excluding hydrogens is 416 g/mol. The summed E-state index contributed by atoms with van der Waals surface area (Å²) in [5.41, 5.74) is 1.37. The van der Waals surface area contributed by atoms with Crippen LogP contribution in [0.2, 0.25) is 0 Å². The quantitative estimate of drug-likeness (QED) is 0.579. The number of nitrogens with zero attached hydrogens (tertiary/aromatic N) is 7. The van der Waals surface area contributed by atoms with E-state index in [1.165, 1.54) is 18.7 Å². The number of rotatable bonds is 6. The molecule has 4 heterocycles. The fourth-order valence-corrected chi connectivity index (χ4v) is 3.87. The van der Waals surface area contributed by atoms with Crippen molar-refractivity contribution in [2.24, 2.45) is 0 Å². The topological polar surface area (TPSA) is 129 Å². The number of hydrogen-bond acceptors (Lipinski definition) is 10. The number of tetrazole rings is 1. The molecule has 0 saturated carbocycles. The summed E-state index contributed by atoms with van der Waals surface area (Å²) in [6.07, 6.45) is 3.64. The summed E-state index contributed by atoms with van der Waals surface area (Å²) in [7, 11) is 3.91. The summed E-state index contributed by atoms with van der Waals surface area (Å²) in [5, 5.41) is 14.8. The van der Waals surface area contributed by atoms with Crippen LogP contribution in [0.15, 0.2) is 43.0 Å². The van der Waals surface area contributed by atoms with Crippen LogP contribution in [0.1, 0.15) is 16.4 Å². The van der Waals surface area contributed by atoms with Gasteiger partial charge in [0.25, 0.3) is 5.91 Å². The number of benzene rings is 1. The van der Waals surface area contributed by atoms with Crippen LogP contribution < -0.4 is 15.0 Å². The Morgan fingerprint density at radius 1 is 1.19 bits per heavy atom. The molecule has 0 unspecified atom stereocenters. The lowest BCUT2D eigenvalue weighted by molar-refractivity contribution is 0.0606. The van der Waals surface area contributed by atoms with Gasteiger partial charge in [-0.05, 0) is 22.6 Å². The van der Waals surface area contributed by atoms with Crippen LogP contribution >= 0.6 is 0 Å². The van der Waals surface area contributed by atoms with E-state index < -0.39 is 0 Å². The molecule has 0 radical (unpaired) electrons. The second-order valence-electron chi connectivity index (χ2n) is 7.77. The van der Waals surface area contributed by atoms with Crippen molar-refractivity contribution in [3.8, 4) is 11.8 Å². The fourth-order valence-electron chi connectivity index (χ4n) is 3.87. The third kappa shape index (κ3) is 3.85. The van der Waals surface area contributed by atoms with Crippen LogP contribution in [-0.4, -0.2) is 81.6 Å². The highest BCUT2D eigenvalue weighted by molar-refractivity contribution is 5.93. The van der Waals surface area contributed by atoms with Crippen LogP contribution in [-0.2, 0) is 9.47 Å². The van der Waals surface area contributed by atoms with Gasteiger partial charge >= 0.3 is 6.01 Å². The van der Waals surface area contributed by atoms with Crippen LogP contribution in [0.3, 0.4) is 0 Å². The highest BCUT2D eigenvalue weighted by atomic mass is 16.6. The maximum Gasteiger partial charge on any atom is 0.341 e. The van der Waals surface area contributed by atoms with Gasteiger partial charge in [0.15, 0.2) is 0 Å². The minimum absolute atomic E-state index is 0.243. The molecule has 32 heavy (non-hydrogen) atoms. The third-order valence-electron chi connectivity index (χ3n) is 5.49. The summed E-state index contributed by atoms with van der Waals surface area (Å²) in [4.78, 5) is 22.2. The Morgan fingerprint density at radius 2 is 2.00 bits per heavy atom. The zero-order valence-corrected chi connectivity index (χ0v) is 17.5. The first-order valence-corrected chi connectivity index (χ1v) is 10.1. The van der Waals surface area contributed by atoms with Crippen LogP contribution in [0.4, 0.5) is 5.69 Å². The molecule has 0 aliphatic carbocycles. The van der Waals surface area contributed by atoms with E-state index in [4.69, 9.17) is 14.2 Å². The van der Waals surface area contributed by atoms with Crippen molar-refractivity contribution in [2.45, 2.75) is 24.3 Å². The number of carbonyl (C=O) groups is 1. The second kappa shape index (κ2) is 8.48. The van der Waals surface area contributed by atoms with E-state index in [0.717, 1.165) is 5.69 Å². The van der Waals surface area contributed by atoms with Gasteiger partial charge in [-0.15, -0.1) is 0 Å². The van der Waals surface area contributed by atoms with Gasteiger partial charge in [0, 0.05) is 38.2 Å². The summed E-state index contributed by atoms with van der Waals surface area (Å²) in [6.45, 7) is 0.643. The average Bonchev–Trinajstić information content (AvgIpc) is 3.52. The lowest BCUT2D eigenvalue weighted by atomic mass is 10.1. The lowest BCUT2D eigenvalue weighted by Crippen LogP contribution is -2.44. The number of fused-ring (bicyclic) bond motifs is 1. The molecular formula is C20H22N8O4. The summed E-state index contributed by atoms with van der Waals surface area (Å²) < 4.78 is 19.5. The van der Waals surface area contributed by atoms with Gasteiger partial charge in [0.05, 0.1) is 24.8 Å². The predicted octanol–water partition coefficient (Wildman–Crippen LogP) is 0.459. The van der Waals surface area contributed by atoms with Crippen LogP contribution in [0.5, 0.6) is 11.8 Å². The van der Waals surface area contributed by atoms with E-state index >= 15 is 0 Å². The van der Waals surface area contributed by atoms with E-state index in [1.54, 1.807) is 4.68 Å².